The molecule has 1 heterocycles. The van der Waals surface area contributed by atoms with Crippen molar-refractivity contribution in [3.8, 4) is 11.3 Å². The molecule has 0 aliphatic rings. The van der Waals surface area contributed by atoms with Crippen LogP contribution in [0.2, 0.25) is 5.02 Å². The molecule has 5 heteroatoms. The van der Waals surface area contributed by atoms with E-state index in [2.05, 4.69) is 22.2 Å². The van der Waals surface area contributed by atoms with Crippen molar-refractivity contribution < 1.29 is 4.39 Å². The van der Waals surface area contributed by atoms with Gasteiger partial charge in [-0.25, -0.2) is 14.4 Å². The Labute approximate surface area is 110 Å². The molecule has 0 saturated heterocycles. The van der Waals surface area contributed by atoms with Crippen molar-refractivity contribution in [2.24, 2.45) is 0 Å². The van der Waals surface area contributed by atoms with Gasteiger partial charge in [0, 0.05) is 18.2 Å². The first-order chi connectivity index (χ1) is 8.70. The van der Waals surface area contributed by atoms with E-state index < -0.39 is 5.82 Å². The molecule has 0 spiro atoms. The molecular formula is C13H13ClFN3. The largest absolute Gasteiger partial charge is 0.370 e. The van der Waals surface area contributed by atoms with Crippen molar-refractivity contribution in [2.45, 2.75) is 13.3 Å². The summed E-state index contributed by atoms with van der Waals surface area (Å²) in [7, 11) is 0. The van der Waals surface area contributed by atoms with Crippen LogP contribution in [0.3, 0.4) is 0 Å². The Bertz CT molecular complexity index is 546. The fourth-order valence-corrected chi connectivity index (χ4v) is 1.70. The summed E-state index contributed by atoms with van der Waals surface area (Å²) in [5.74, 6) is 0.320. The second-order valence-corrected chi connectivity index (χ2v) is 4.25. The van der Waals surface area contributed by atoms with Gasteiger partial charge in [0.05, 0.1) is 10.7 Å². The molecule has 2 aromatic rings. The number of hydrogen-bond acceptors (Lipinski definition) is 3. The van der Waals surface area contributed by atoms with Crippen LogP contribution in [-0.2, 0) is 0 Å². The van der Waals surface area contributed by atoms with Crippen LogP contribution < -0.4 is 5.32 Å². The van der Waals surface area contributed by atoms with Gasteiger partial charge in [0.15, 0.2) is 0 Å². The van der Waals surface area contributed by atoms with Crippen molar-refractivity contribution >= 4 is 17.4 Å². The zero-order valence-electron chi connectivity index (χ0n) is 9.95. The van der Waals surface area contributed by atoms with E-state index in [-0.39, 0.29) is 5.02 Å². The molecular weight excluding hydrogens is 253 g/mol. The highest BCUT2D eigenvalue weighted by Gasteiger charge is 2.05. The summed E-state index contributed by atoms with van der Waals surface area (Å²) in [5.41, 5.74) is 1.48. The zero-order valence-corrected chi connectivity index (χ0v) is 10.7. The first kappa shape index (κ1) is 12.8. The van der Waals surface area contributed by atoms with E-state index >= 15 is 0 Å². The van der Waals surface area contributed by atoms with Gasteiger partial charge in [-0.05, 0) is 24.6 Å². The maximum atomic E-state index is 13.1. The summed E-state index contributed by atoms with van der Waals surface area (Å²) in [6.07, 6.45) is 2.49. The third kappa shape index (κ3) is 2.96. The lowest BCUT2D eigenvalue weighted by molar-refractivity contribution is 0.628. The van der Waals surface area contributed by atoms with Gasteiger partial charge >= 0.3 is 0 Å². The molecule has 0 radical (unpaired) electrons. The molecule has 3 nitrogen and oxygen atoms in total. The average Bonchev–Trinajstić information content (AvgIpc) is 2.40. The fourth-order valence-electron chi connectivity index (χ4n) is 1.52. The number of hydrogen-bond donors (Lipinski definition) is 1. The summed E-state index contributed by atoms with van der Waals surface area (Å²) in [6.45, 7) is 2.93. The van der Waals surface area contributed by atoms with Gasteiger partial charge in [0.1, 0.15) is 18.0 Å². The van der Waals surface area contributed by atoms with E-state index in [9.17, 15) is 4.39 Å². The molecule has 0 unspecified atom stereocenters. The molecule has 0 amide bonds. The van der Waals surface area contributed by atoms with Gasteiger partial charge in [-0.15, -0.1) is 0 Å². The highest BCUT2D eigenvalue weighted by Crippen LogP contribution is 2.24. The third-order valence-corrected chi connectivity index (χ3v) is 2.73. The van der Waals surface area contributed by atoms with E-state index in [0.29, 0.717) is 5.69 Å². The lowest BCUT2D eigenvalue weighted by atomic mass is 10.1. The van der Waals surface area contributed by atoms with Crippen LogP contribution >= 0.6 is 11.6 Å². The minimum absolute atomic E-state index is 0.0918. The first-order valence-corrected chi connectivity index (χ1v) is 6.10. The number of halogens is 2. The molecule has 0 saturated carbocycles. The third-order valence-electron chi connectivity index (χ3n) is 2.44. The zero-order chi connectivity index (χ0) is 13.0. The minimum atomic E-state index is -0.432. The van der Waals surface area contributed by atoms with Crippen molar-refractivity contribution in [1.29, 1.82) is 0 Å². The Morgan fingerprint density at radius 1 is 1.28 bits per heavy atom. The van der Waals surface area contributed by atoms with Gasteiger partial charge in [-0.1, -0.05) is 18.5 Å². The van der Waals surface area contributed by atoms with Gasteiger partial charge in [0.25, 0.3) is 0 Å². The van der Waals surface area contributed by atoms with Crippen LogP contribution in [0.1, 0.15) is 13.3 Å². The van der Waals surface area contributed by atoms with E-state index in [1.807, 2.05) is 6.07 Å². The van der Waals surface area contributed by atoms with Crippen LogP contribution in [0.25, 0.3) is 11.3 Å². The Morgan fingerprint density at radius 2 is 2.11 bits per heavy atom. The van der Waals surface area contributed by atoms with Gasteiger partial charge in [0.2, 0.25) is 0 Å². The summed E-state index contributed by atoms with van der Waals surface area (Å²) < 4.78 is 13.1. The number of nitrogens with zero attached hydrogens (tertiary/aromatic N) is 2. The molecule has 0 fully saturated rings. The Morgan fingerprint density at radius 3 is 2.83 bits per heavy atom. The standard InChI is InChI=1S/C13H13ClFN3/c1-2-5-16-13-7-12(17-8-18-13)9-3-4-11(15)10(14)6-9/h3-4,6-8H,2,5H2,1H3,(H,16,17,18). The van der Waals surface area contributed by atoms with E-state index in [1.165, 1.54) is 12.4 Å². The quantitative estimate of drug-likeness (QED) is 0.915. The molecule has 0 aliphatic carbocycles. The lowest BCUT2D eigenvalue weighted by Crippen LogP contribution is -2.02. The number of nitrogens with one attached hydrogen (secondary N) is 1. The molecule has 2 rings (SSSR count). The molecule has 1 N–H and O–H groups in total. The second-order valence-electron chi connectivity index (χ2n) is 3.84. The molecule has 0 aliphatic heterocycles. The van der Waals surface area contributed by atoms with Gasteiger partial charge in [-0.3, -0.25) is 0 Å². The number of rotatable bonds is 4. The van der Waals surface area contributed by atoms with Crippen molar-refractivity contribution in [3.63, 3.8) is 0 Å². The highest BCUT2D eigenvalue weighted by molar-refractivity contribution is 6.31. The predicted molar refractivity (Wildman–Crippen MR) is 71.2 cm³/mol. The van der Waals surface area contributed by atoms with E-state index in [1.54, 1.807) is 12.1 Å². The van der Waals surface area contributed by atoms with Gasteiger partial charge in [-0.2, -0.15) is 0 Å². The Kier molecular flexibility index (Phi) is 4.10. The van der Waals surface area contributed by atoms with Crippen molar-refractivity contribution in [1.82, 2.24) is 9.97 Å². The number of benzene rings is 1. The SMILES string of the molecule is CCCNc1cc(-c2ccc(F)c(Cl)c2)ncn1. The lowest BCUT2D eigenvalue weighted by Gasteiger charge is -2.06. The Balaban J connectivity index is 2.29. The van der Waals surface area contributed by atoms with Crippen LogP contribution in [-0.4, -0.2) is 16.5 Å². The summed E-state index contributed by atoms with van der Waals surface area (Å²) in [5, 5.41) is 3.26. The van der Waals surface area contributed by atoms with Gasteiger partial charge < -0.3 is 5.32 Å². The molecule has 1 aromatic carbocycles. The molecule has 1 aromatic heterocycles. The molecule has 18 heavy (non-hydrogen) atoms. The van der Waals surface area contributed by atoms with Crippen LogP contribution in [0.15, 0.2) is 30.6 Å². The van der Waals surface area contributed by atoms with Crippen molar-refractivity contribution in [2.75, 3.05) is 11.9 Å². The van der Waals surface area contributed by atoms with E-state index in [0.717, 1.165) is 24.3 Å². The molecule has 0 bridgehead atoms. The van der Waals surface area contributed by atoms with Crippen LogP contribution in [0.4, 0.5) is 10.2 Å². The van der Waals surface area contributed by atoms with Crippen molar-refractivity contribution in [3.05, 3.63) is 41.4 Å². The first-order valence-electron chi connectivity index (χ1n) is 5.72. The van der Waals surface area contributed by atoms with Crippen LogP contribution in [0, 0.1) is 5.82 Å². The summed E-state index contributed by atoms with van der Waals surface area (Å²) in [6, 6.07) is 6.36. The van der Waals surface area contributed by atoms with Crippen LogP contribution in [0.5, 0.6) is 0 Å². The molecule has 94 valence electrons. The normalized spacial score (nSPS) is 10.4. The monoisotopic (exact) mass is 265 g/mol. The topological polar surface area (TPSA) is 37.8 Å². The smallest absolute Gasteiger partial charge is 0.141 e. The highest BCUT2D eigenvalue weighted by atomic mass is 35.5. The predicted octanol–water partition coefficient (Wildman–Crippen LogP) is 3.76. The maximum absolute atomic E-state index is 13.1. The number of anilines is 1. The summed E-state index contributed by atoms with van der Waals surface area (Å²) >= 11 is 5.75. The average molecular weight is 266 g/mol. The summed E-state index contributed by atoms with van der Waals surface area (Å²) in [4.78, 5) is 8.27. The second kappa shape index (κ2) is 5.78. The van der Waals surface area contributed by atoms with E-state index in [4.69, 9.17) is 11.6 Å². The molecule has 0 atom stereocenters. The number of aromatic nitrogens is 2. The fraction of sp³-hybridized carbons (Fsp3) is 0.231. The minimum Gasteiger partial charge on any atom is -0.370 e. The maximum Gasteiger partial charge on any atom is 0.141 e. The Hall–Kier alpha value is -1.68.